The number of rotatable bonds is 3. The van der Waals surface area contributed by atoms with Gasteiger partial charge in [0, 0.05) is 6.42 Å². The summed E-state index contributed by atoms with van der Waals surface area (Å²) >= 11 is 0. The van der Waals surface area contributed by atoms with Crippen LogP contribution >= 0.6 is 0 Å². The van der Waals surface area contributed by atoms with Gasteiger partial charge < -0.3 is 10.5 Å². The molecule has 0 aliphatic heterocycles. The molecule has 0 aliphatic rings. The molecule has 0 saturated carbocycles. The van der Waals surface area contributed by atoms with Crippen molar-refractivity contribution < 1.29 is 9.53 Å². The van der Waals surface area contributed by atoms with Crippen molar-refractivity contribution in [3.8, 4) is 6.19 Å². The minimum atomic E-state index is -0.405. The normalized spacial score (nSPS) is 10.6. The largest absolute Gasteiger partial charge is 0.465 e. The van der Waals surface area contributed by atoms with E-state index in [0.29, 0.717) is 12.0 Å². The molecule has 0 atom stereocenters. The number of carbonyl (C=O) groups is 1. The highest BCUT2D eigenvalue weighted by molar-refractivity contribution is 5.90. The second-order valence-electron chi connectivity index (χ2n) is 3.07. The van der Waals surface area contributed by atoms with E-state index in [-0.39, 0.29) is 5.84 Å². The Bertz CT molecular complexity index is 461. The number of aliphatic imine (C=N–C) groups is 1. The maximum atomic E-state index is 11.2. The third kappa shape index (κ3) is 3.10. The Balaban J connectivity index is 2.88. The summed E-state index contributed by atoms with van der Waals surface area (Å²) < 4.78 is 4.59. The lowest BCUT2D eigenvalue weighted by Crippen LogP contribution is -2.14. The van der Waals surface area contributed by atoms with Crippen molar-refractivity contribution in [2.24, 2.45) is 10.7 Å². The predicted octanol–water partition coefficient (Wildman–Crippen LogP) is 0.854. The average Bonchev–Trinajstić information content (AvgIpc) is 2.28. The first kappa shape index (κ1) is 11.7. The number of benzene rings is 1. The van der Waals surface area contributed by atoms with Crippen molar-refractivity contribution in [1.29, 1.82) is 5.26 Å². The van der Waals surface area contributed by atoms with Crippen LogP contribution in [0.15, 0.2) is 29.3 Å². The van der Waals surface area contributed by atoms with E-state index in [1.54, 1.807) is 30.5 Å². The topological polar surface area (TPSA) is 88.5 Å². The van der Waals surface area contributed by atoms with Crippen LogP contribution in [0.5, 0.6) is 0 Å². The van der Waals surface area contributed by atoms with Crippen molar-refractivity contribution in [2.45, 2.75) is 6.42 Å². The molecule has 1 aromatic rings. The SMILES string of the molecule is COC(=O)c1cccc(CC(N)=NC#N)c1. The van der Waals surface area contributed by atoms with Crippen molar-refractivity contribution in [3.63, 3.8) is 0 Å². The summed E-state index contributed by atoms with van der Waals surface area (Å²) in [6.07, 6.45) is 1.94. The molecular weight excluding hydrogens is 206 g/mol. The summed E-state index contributed by atoms with van der Waals surface area (Å²) in [5, 5.41) is 8.30. The van der Waals surface area contributed by atoms with Gasteiger partial charge in [-0.3, -0.25) is 0 Å². The smallest absolute Gasteiger partial charge is 0.337 e. The molecule has 0 unspecified atom stereocenters. The van der Waals surface area contributed by atoms with Crippen LogP contribution in [0.3, 0.4) is 0 Å². The molecule has 0 saturated heterocycles. The van der Waals surface area contributed by atoms with Gasteiger partial charge in [0.05, 0.1) is 12.7 Å². The number of hydrogen-bond donors (Lipinski definition) is 1. The Kier molecular flexibility index (Phi) is 4.04. The van der Waals surface area contributed by atoms with E-state index in [0.717, 1.165) is 5.56 Å². The van der Waals surface area contributed by atoms with E-state index < -0.39 is 5.97 Å². The van der Waals surface area contributed by atoms with Gasteiger partial charge in [0.25, 0.3) is 0 Å². The van der Waals surface area contributed by atoms with Gasteiger partial charge in [0.2, 0.25) is 6.19 Å². The lowest BCUT2D eigenvalue weighted by Gasteiger charge is -2.02. The minimum Gasteiger partial charge on any atom is -0.465 e. The number of carbonyl (C=O) groups excluding carboxylic acids is 1. The van der Waals surface area contributed by atoms with Gasteiger partial charge in [0.1, 0.15) is 5.84 Å². The second kappa shape index (κ2) is 5.51. The summed E-state index contributed by atoms with van der Waals surface area (Å²) in [6.45, 7) is 0. The molecular formula is C11H11N3O2. The number of nitriles is 1. The van der Waals surface area contributed by atoms with E-state index in [1.807, 2.05) is 0 Å². The number of esters is 1. The predicted molar refractivity (Wildman–Crippen MR) is 58.7 cm³/mol. The zero-order chi connectivity index (χ0) is 12.0. The molecule has 0 fully saturated rings. The summed E-state index contributed by atoms with van der Waals surface area (Å²) in [5.74, 6) is -0.192. The average molecular weight is 217 g/mol. The fraction of sp³-hybridized carbons (Fsp3) is 0.182. The maximum absolute atomic E-state index is 11.2. The van der Waals surface area contributed by atoms with E-state index in [9.17, 15) is 4.79 Å². The van der Waals surface area contributed by atoms with Gasteiger partial charge in [0.15, 0.2) is 0 Å². The van der Waals surface area contributed by atoms with E-state index in [4.69, 9.17) is 11.0 Å². The Morgan fingerprint density at radius 2 is 2.38 bits per heavy atom. The molecule has 0 spiro atoms. The highest BCUT2D eigenvalue weighted by atomic mass is 16.5. The molecule has 5 nitrogen and oxygen atoms in total. The second-order valence-corrected chi connectivity index (χ2v) is 3.07. The van der Waals surface area contributed by atoms with E-state index >= 15 is 0 Å². The summed E-state index contributed by atoms with van der Waals surface area (Å²) in [7, 11) is 1.32. The third-order valence-electron chi connectivity index (χ3n) is 1.93. The molecule has 5 heteroatoms. The van der Waals surface area contributed by atoms with Crippen molar-refractivity contribution in [1.82, 2.24) is 0 Å². The number of ether oxygens (including phenoxy) is 1. The van der Waals surface area contributed by atoms with Gasteiger partial charge in [-0.15, -0.1) is 0 Å². The van der Waals surface area contributed by atoms with Crippen LogP contribution in [0.1, 0.15) is 15.9 Å². The Morgan fingerprint density at radius 3 is 3.00 bits per heavy atom. The Labute approximate surface area is 93.2 Å². The molecule has 2 N–H and O–H groups in total. The number of nitrogens with two attached hydrogens (primary N) is 1. The molecule has 1 rings (SSSR count). The molecule has 16 heavy (non-hydrogen) atoms. The van der Waals surface area contributed by atoms with Gasteiger partial charge in [-0.2, -0.15) is 10.3 Å². The van der Waals surface area contributed by atoms with Gasteiger partial charge in [-0.25, -0.2) is 4.79 Å². The molecule has 0 aromatic heterocycles. The number of methoxy groups -OCH3 is 1. The summed E-state index contributed by atoms with van der Waals surface area (Å²) in [5.41, 5.74) is 6.74. The van der Waals surface area contributed by atoms with Crippen LogP contribution in [-0.2, 0) is 11.2 Å². The summed E-state index contributed by atoms with van der Waals surface area (Å²) in [6, 6.07) is 6.83. The van der Waals surface area contributed by atoms with Crippen LogP contribution < -0.4 is 5.73 Å². The standard InChI is InChI=1S/C11H11N3O2/c1-16-11(15)9-4-2-3-8(5-9)6-10(13)14-7-12/h2-5H,6H2,1H3,(H2,13,14). The zero-order valence-electron chi connectivity index (χ0n) is 8.80. The highest BCUT2D eigenvalue weighted by Gasteiger charge is 2.06. The number of hydrogen-bond acceptors (Lipinski definition) is 4. The first-order chi connectivity index (χ1) is 7.67. The van der Waals surface area contributed by atoms with Crippen LogP contribution in [0, 0.1) is 11.5 Å². The molecule has 0 amide bonds. The zero-order valence-corrected chi connectivity index (χ0v) is 8.80. The maximum Gasteiger partial charge on any atom is 0.337 e. The van der Waals surface area contributed by atoms with Gasteiger partial charge in [-0.1, -0.05) is 12.1 Å². The number of amidine groups is 1. The monoisotopic (exact) mass is 217 g/mol. The van der Waals surface area contributed by atoms with Gasteiger partial charge >= 0.3 is 5.97 Å². The lowest BCUT2D eigenvalue weighted by atomic mass is 10.1. The molecule has 0 heterocycles. The number of nitrogens with zero attached hydrogens (tertiary/aromatic N) is 2. The lowest BCUT2D eigenvalue weighted by molar-refractivity contribution is 0.0600. The van der Waals surface area contributed by atoms with Crippen LogP contribution in [0.25, 0.3) is 0 Å². The first-order valence-electron chi connectivity index (χ1n) is 4.55. The first-order valence-corrected chi connectivity index (χ1v) is 4.55. The van der Waals surface area contributed by atoms with E-state index in [2.05, 4.69) is 9.73 Å². The quantitative estimate of drug-likeness (QED) is 0.352. The van der Waals surface area contributed by atoms with Crippen molar-refractivity contribution in [3.05, 3.63) is 35.4 Å². The van der Waals surface area contributed by atoms with Crippen LogP contribution in [0.2, 0.25) is 0 Å². The molecule has 0 bridgehead atoms. The highest BCUT2D eigenvalue weighted by Crippen LogP contribution is 2.07. The van der Waals surface area contributed by atoms with Crippen LogP contribution in [-0.4, -0.2) is 18.9 Å². The fourth-order valence-corrected chi connectivity index (χ4v) is 1.24. The molecule has 82 valence electrons. The fourth-order valence-electron chi connectivity index (χ4n) is 1.24. The molecule has 0 radical (unpaired) electrons. The molecule has 0 aliphatic carbocycles. The van der Waals surface area contributed by atoms with Crippen molar-refractivity contribution in [2.75, 3.05) is 7.11 Å². The Hall–Kier alpha value is -2.35. The van der Waals surface area contributed by atoms with Crippen molar-refractivity contribution >= 4 is 11.8 Å². The Morgan fingerprint density at radius 1 is 1.62 bits per heavy atom. The van der Waals surface area contributed by atoms with E-state index in [1.165, 1.54) is 7.11 Å². The minimum absolute atomic E-state index is 0.213. The van der Waals surface area contributed by atoms with Gasteiger partial charge in [-0.05, 0) is 17.7 Å². The van der Waals surface area contributed by atoms with Crippen LogP contribution in [0.4, 0.5) is 0 Å². The third-order valence-corrected chi connectivity index (χ3v) is 1.93. The summed E-state index contributed by atoms with van der Waals surface area (Å²) in [4.78, 5) is 14.6. The molecule has 1 aromatic carbocycles.